The lowest BCUT2D eigenvalue weighted by Crippen LogP contribution is -2.55. The molecule has 1 unspecified atom stereocenters. The Balaban J connectivity index is 2.06. The average molecular weight is 243 g/mol. The molecular weight excluding hydrogens is 230 g/mol. The molecule has 1 aliphatic rings. The van der Waals surface area contributed by atoms with Gasteiger partial charge < -0.3 is 30.4 Å². The van der Waals surface area contributed by atoms with Gasteiger partial charge in [-0.15, -0.1) is 0 Å². The number of aromatic amines is 1. The van der Waals surface area contributed by atoms with Crippen LogP contribution in [0.2, 0.25) is 0 Å². The van der Waals surface area contributed by atoms with Crippen LogP contribution in [-0.2, 0) is 4.74 Å². The van der Waals surface area contributed by atoms with Gasteiger partial charge in [0, 0.05) is 6.20 Å². The smallest absolute Gasteiger partial charge is 0.346 e. The van der Waals surface area contributed by atoms with E-state index in [2.05, 4.69) is 15.3 Å². The molecule has 8 nitrogen and oxygen atoms in total. The van der Waals surface area contributed by atoms with E-state index in [1.54, 1.807) is 0 Å². The van der Waals surface area contributed by atoms with Gasteiger partial charge in [0.15, 0.2) is 6.23 Å². The van der Waals surface area contributed by atoms with Crippen molar-refractivity contribution in [3.8, 4) is 0 Å². The molecule has 1 saturated heterocycles. The molecule has 0 radical (unpaired) electrons. The summed E-state index contributed by atoms with van der Waals surface area (Å²) in [7, 11) is 0. The first-order chi connectivity index (χ1) is 8.08. The minimum atomic E-state index is -1.31. The van der Waals surface area contributed by atoms with Gasteiger partial charge in [-0.3, -0.25) is 0 Å². The average Bonchev–Trinajstić information content (AvgIpc) is 2.30. The van der Waals surface area contributed by atoms with E-state index >= 15 is 0 Å². The van der Waals surface area contributed by atoms with Gasteiger partial charge in [-0.1, -0.05) is 0 Å². The van der Waals surface area contributed by atoms with Crippen molar-refractivity contribution < 1.29 is 20.1 Å². The number of anilines is 1. The lowest BCUT2D eigenvalue weighted by atomic mass is 10.0. The van der Waals surface area contributed by atoms with E-state index in [1.165, 1.54) is 12.3 Å². The van der Waals surface area contributed by atoms with Crippen molar-refractivity contribution in [1.82, 2.24) is 9.97 Å². The van der Waals surface area contributed by atoms with Crippen LogP contribution in [0.1, 0.15) is 0 Å². The highest BCUT2D eigenvalue weighted by atomic mass is 16.5. The zero-order valence-electron chi connectivity index (χ0n) is 8.78. The summed E-state index contributed by atoms with van der Waals surface area (Å²) in [6.45, 7) is -0.112. The van der Waals surface area contributed by atoms with Gasteiger partial charge in [0.1, 0.15) is 24.1 Å². The van der Waals surface area contributed by atoms with Gasteiger partial charge in [-0.25, -0.2) is 4.79 Å². The van der Waals surface area contributed by atoms with E-state index in [4.69, 9.17) is 4.74 Å². The fourth-order valence-electron chi connectivity index (χ4n) is 1.53. The Morgan fingerprint density at radius 2 is 2.18 bits per heavy atom. The summed E-state index contributed by atoms with van der Waals surface area (Å²) in [4.78, 5) is 16.9. The molecule has 2 rings (SSSR count). The van der Waals surface area contributed by atoms with E-state index in [-0.39, 0.29) is 12.4 Å². The van der Waals surface area contributed by atoms with Crippen LogP contribution in [0.25, 0.3) is 0 Å². The molecule has 0 spiro atoms. The molecule has 17 heavy (non-hydrogen) atoms. The molecule has 8 heteroatoms. The molecule has 1 aliphatic heterocycles. The monoisotopic (exact) mass is 243 g/mol. The first-order valence-corrected chi connectivity index (χ1v) is 5.06. The second-order valence-electron chi connectivity index (χ2n) is 3.73. The Morgan fingerprint density at radius 1 is 1.41 bits per heavy atom. The Kier molecular flexibility index (Phi) is 3.38. The van der Waals surface area contributed by atoms with Crippen LogP contribution < -0.4 is 11.0 Å². The Bertz CT molecular complexity index is 437. The maximum absolute atomic E-state index is 10.9. The number of aromatic nitrogens is 2. The molecule has 0 aromatic carbocycles. The highest BCUT2D eigenvalue weighted by molar-refractivity contribution is 5.32. The minimum absolute atomic E-state index is 0.112. The first kappa shape index (κ1) is 12.0. The van der Waals surface area contributed by atoms with Crippen LogP contribution >= 0.6 is 0 Å². The highest BCUT2D eigenvalue weighted by Gasteiger charge is 2.37. The van der Waals surface area contributed by atoms with Gasteiger partial charge in [-0.2, -0.15) is 4.98 Å². The van der Waals surface area contributed by atoms with Gasteiger partial charge in [0.25, 0.3) is 0 Å². The van der Waals surface area contributed by atoms with Gasteiger partial charge in [0.05, 0.1) is 6.61 Å². The van der Waals surface area contributed by atoms with E-state index in [0.717, 1.165) is 0 Å². The third-order valence-corrected chi connectivity index (χ3v) is 2.46. The van der Waals surface area contributed by atoms with E-state index < -0.39 is 30.2 Å². The van der Waals surface area contributed by atoms with Crippen LogP contribution in [0.5, 0.6) is 0 Å². The van der Waals surface area contributed by atoms with E-state index in [9.17, 15) is 20.1 Å². The summed E-state index contributed by atoms with van der Waals surface area (Å²) in [6.07, 6.45) is -3.28. The third kappa shape index (κ3) is 2.61. The van der Waals surface area contributed by atoms with Crippen molar-refractivity contribution in [1.29, 1.82) is 0 Å². The molecule has 1 aromatic heterocycles. The van der Waals surface area contributed by atoms with E-state index in [1.807, 2.05) is 0 Å². The number of ether oxygens (including phenoxy) is 1. The zero-order valence-corrected chi connectivity index (χ0v) is 8.78. The molecule has 1 aromatic rings. The van der Waals surface area contributed by atoms with Crippen molar-refractivity contribution >= 4 is 5.82 Å². The Morgan fingerprint density at radius 3 is 2.88 bits per heavy atom. The molecule has 5 N–H and O–H groups in total. The quantitative estimate of drug-likeness (QED) is 0.392. The van der Waals surface area contributed by atoms with Crippen LogP contribution in [0, 0.1) is 0 Å². The van der Waals surface area contributed by atoms with Crippen LogP contribution in [0.3, 0.4) is 0 Å². The fourth-order valence-corrected chi connectivity index (χ4v) is 1.53. The fraction of sp³-hybridized carbons (Fsp3) is 0.556. The van der Waals surface area contributed by atoms with Gasteiger partial charge >= 0.3 is 5.69 Å². The number of nitrogens with one attached hydrogen (secondary N) is 2. The molecule has 2 heterocycles. The van der Waals surface area contributed by atoms with Crippen molar-refractivity contribution in [2.75, 3.05) is 11.9 Å². The maximum atomic E-state index is 10.9. The van der Waals surface area contributed by atoms with Crippen LogP contribution in [-0.4, -0.2) is 56.4 Å². The number of hydrogen-bond acceptors (Lipinski definition) is 7. The largest absolute Gasteiger partial charge is 0.388 e. The summed E-state index contributed by atoms with van der Waals surface area (Å²) in [5.74, 6) is 0.210. The Hall–Kier alpha value is -1.48. The SMILES string of the molecule is O=c1nc(NC2OC[C@@H](O)[C@@H](O)[C@H]2O)cc[nH]1. The summed E-state index contributed by atoms with van der Waals surface area (Å²) < 4.78 is 5.09. The first-order valence-electron chi connectivity index (χ1n) is 5.06. The number of nitrogens with zero attached hydrogens (tertiary/aromatic N) is 1. The molecule has 4 atom stereocenters. The van der Waals surface area contributed by atoms with Crippen molar-refractivity contribution in [2.45, 2.75) is 24.5 Å². The lowest BCUT2D eigenvalue weighted by Gasteiger charge is -2.35. The van der Waals surface area contributed by atoms with E-state index in [0.29, 0.717) is 0 Å². The summed E-state index contributed by atoms with van der Waals surface area (Å²) in [6, 6.07) is 1.48. The van der Waals surface area contributed by atoms with Crippen molar-refractivity contribution in [3.63, 3.8) is 0 Å². The predicted octanol–water partition coefficient (Wildman–Crippen LogP) is -2.38. The molecule has 0 aliphatic carbocycles. The van der Waals surface area contributed by atoms with Crippen molar-refractivity contribution in [3.05, 3.63) is 22.7 Å². The van der Waals surface area contributed by atoms with Crippen molar-refractivity contribution in [2.24, 2.45) is 0 Å². The molecule has 94 valence electrons. The second kappa shape index (κ2) is 4.80. The number of rotatable bonds is 2. The molecule has 1 fully saturated rings. The zero-order chi connectivity index (χ0) is 12.4. The summed E-state index contributed by atoms with van der Waals surface area (Å²) in [5, 5.41) is 31.0. The minimum Gasteiger partial charge on any atom is -0.388 e. The van der Waals surface area contributed by atoms with Gasteiger partial charge in [-0.05, 0) is 6.07 Å². The summed E-state index contributed by atoms with van der Waals surface area (Å²) >= 11 is 0. The van der Waals surface area contributed by atoms with Crippen LogP contribution in [0.4, 0.5) is 5.82 Å². The lowest BCUT2D eigenvalue weighted by molar-refractivity contribution is -0.178. The highest BCUT2D eigenvalue weighted by Crippen LogP contribution is 2.16. The molecule has 0 bridgehead atoms. The Labute approximate surface area is 95.9 Å². The predicted molar refractivity (Wildman–Crippen MR) is 56.2 cm³/mol. The number of aliphatic hydroxyl groups excluding tert-OH is 3. The maximum Gasteiger partial charge on any atom is 0.346 e. The number of aliphatic hydroxyl groups is 3. The summed E-state index contributed by atoms with van der Waals surface area (Å²) in [5.41, 5.74) is -0.541. The number of hydrogen-bond donors (Lipinski definition) is 5. The molecule has 0 amide bonds. The standard InChI is InChI=1S/C9H13N3O5/c13-4-3-17-8(7(15)6(4)14)11-5-1-2-10-9(16)12-5/h1-2,4,6-8,13-15H,3H2,(H2,10,11,12,16)/t4-,6-,7-,8?/m1/s1. The molecule has 0 saturated carbocycles. The third-order valence-electron chi connectivity index (χ3n) is 2.46. The topological polar surface area (TPSA) is 128 Å². The number of H-pyrrole nitrogens is 1. The normalized spacial score (nSPS) is 33.4. The second-order valence-corrected chi connectivity index (χ2v) is 3.73. The molecular formula is C9H13N3O5. The van der Waals surface area contributed by atoms with Gasteiger partial charge in [0.2, 0.25) is 0 Å². The van der Waals surface area contributed by atoms with Crippen LogP contribution in [0.15, 0.2) is 17.1 Å².